The Hall–Kier alpha value is -0.820. The lowest BCUT2D eigenvalue weighted by atomic mass is 9.99. The fourth-order valence-electron chi connectivity index (χ4n) is 1.16. The third-order valence-electron chi connectivity index (χ3n) is 2.11. The van der Waals surface area contributed by atoms with Crippen LogP contribution >= 0.6 is 11.3 Å². The van der Waals surface area contributed by atoms with Crippen molar-refractivity contribution < 1.29 is 0 Å². The van der Waals surface area contributed by atoms with Gasteiger partial charge in [-0.15, -0.1) is 11.3 Å². The van der Waals surface area contributed by atoms with Crippen LogP contribution in [0.4, 0.5) is 0 Å². The van der Waals surface area contributed by atoms with Gasteiger partial charge < -0.3 is 0 Å². The van der Waals surface area contributed by atoms with Gasteiger partial charge in [-0.05, 0) is 41.0 Å². The molecule has 0 amide bonds. The molecule has 0 nitrogen and oxygen atoms in total. The first-order chi connectivity index (χ1) is 6.04. The maximum Gasteiger partial charge on any atom is 0.0373 e. The van der Waals surface area contributed by atoms with Crippen LogP contribution in [0.25, 0.3) is 11.1 Å². The van der Waals surface area contributed by atoms with Crippen LogP contribution in [0.15, 0.2) is 24.6 Å². The smallest absolute Gasteiger partial charge is 0.0373 e. The summed E-state index contributed by atoms with van der Waals surface area (Å²) in [7, 11) is 0. The molecular weight excluding hydrogens is 176 g/mol. The van der Waals surface area contributed by atoms with Crippen molar-refractivity contribution in [2.75, 3.05) is 0 Å². The third-order valence-corrected chi connectivity index (χ3v) is 3.10. The molecule has 0 bridgehead atoms. The quantitative estimate of drug-likeness (QED) is 0.663. The maximum atomic E-state index is 4.11. The highest BCUT2D eigenvalue weighted by Crippen LogP contribution is 2.32. The second-order valence-electron chi connectivity index (χ2n) is 3.62. The maximum absolute atomic E-state index is 4.11. The molecule has 0 radical (unpaired) electrons. The van der Waals surface area contributed by atoms with E-state index >= 15 is 0 Å². The molecule has 0 aromatic carbocycles. The first kappa shape index (κ1) is 10.3. The van der Waals surface area contributed by atoms with Crippen LogP contribution in [0.1, 0.15) is 31.2 Å². The van der Waals surface area contributed by atoms with Gasteiger partial charge in [0.15, 0.2) is 0 Å². The zero-order valence-electron chi connectivity index (χ0n) is 8.55. The number of allylic oxidation sites excluding steroid dienone is 2. The van der Waals surface area contributed by atoms with Gasteiger partial charge in [-0.25, -0.2) is 0 Å². The number of hydrogen-bond donors (Lipinski definition) is 0. The second kappa shape index (κ2) is 3.93. The largest absolute Gasteiger partial charge is 0.144 e. The molecule has 0 spiro atoms. The minimum absolute atomic E-state index is 0.511. The molecule has 0 aliphatic carbocycles. The molecule has 0 atom stereocenters. The zero-order chi connectivity index (χ0) is 10.0. The number of hydrogen-bond acceptors (Lipinski definition) is 1. The number of thiophene rings is 1. The lowest BCUT2D eigenvalue weighted by Gasteiger charge is -2.09. The molecule has 70 valence electrons. The Labute approximate surface area is 84.6 Å². The van der Waals surface area contributed by atoms with Crippen LogP contribution in [-0.4, -0.2) is 0 Å². The molecule has 0 N–H and O–H groups in total. The van der Waals surface area contributed by atoms with Crippen molar-refractivity contribution in [1.82, 2.24) is 0 Å². The molecule has 13 heavy (non-hydrogen) atoms. The molecule has 0 aliphatic rings. The van der Waals surface area contributed by atoms with Crippen molar-refractivity contribution >= 4 is 22.5 Å². The van der Waals surface area contributed by atoms with Crippen LogP contribution in [0.5, 0.6) is 0 Å². The highest BCUT2D eigenvalue weighted by Gasteiger charge is 2.10. The molecule has 1 rings (SSSR count). The monoisotopic (exact) mass is 192 g/mol. The van der Waals surface area contributed by atoms with Crippen LogP contribution in [0.3, 0.4) is 0 Å². The normalized spacial score (nSPS) is 10.5. The Morgan fingerprint density at radius 2 is 2.00 bits per heavy atom. The summed E-state index contributed by atoms with van der Waals surface area (Å²) in [5, 5.41) is 2.10. The Kier molecular flexibility index (Phi) is 3.10. The van der Waals surface area contributed by atoms with E-state index in [2.05, 4.69) is 38.5 Å². The Balaban J connectivity index is 3.08. The van der Waals surface area contributed by atoms with Gasteiger partial charge in [0.05, 0.1) is 0 Å². The van der Waals surface area contributed by atoms with E-state index in [4.69, 9.17) is 0 Å². The summed E-state index contributed by atoms with van der Waals surface area (Å²) >= 11 is 1.75. The van der Waals surface area contributed by atoms with Crippen molar-refractivity contribution in [2.45, 2.75) is 20.8 Å². The minimum Gasteiger partial charge on any atom is -0.144 e. The molecule has 1 aromatic heterocycles. The summed E-state index contributed by atoms with van der Waals surface area (Å²) < 4.78 is 0. The van der Waals surface area contributed by atoms with Gasteiger partial charge in [-0.1, -0.05) is 27.0 Å². The van der Waals surface area contributed by atoms with Crippen molar-refractivity contribution in [3.63, 3.8) is 0 Å². The molecule has 0 unspecified atom stereocenters. The lowest BCUT2D eigenvalue weighted by Crippen LogP contribution is -1.91. The summed E-state index contributed by atoms with van der Waals surface area (Å²) in [5.41, 5.74) is 3.59. The first-order valence-corrected chi connectivity index (χ1v) is 5.34. The minimum atomic E-state index is 0.511. The summed E-state index contributed by atoms with van der Waals surface area (Å²) in [5.74, 6) is 0.511. The van der Waals surface area contributed by atoms with Crippen LogP contribution in [-0.2, 0) is 0 Å². The summed E-state index contributed by atoms with van der Waals surface area (Å²) in [4.78, 5) is 1.29. The topological polar surface area (TPSA) is 0 Å². The van der Waals surface area contributed by atoms with Crippen LogP contribution in [0, 0.1) is 5.92 Å². The number of rotatable bonds is 3. The molecular formula is C12H16S. The van der Waals surface area contributed by atoms with Gasteiger partial charge in [0.25, 0.3) is 0 Å². The summed E-state index contributed by atoms with van der Waals surface area (Å²) in [6, 6.07) is 2.12. The molecule has 1 heteroatoms. The van der Waals surface area contributed by atoms with Crippen molar-refractivity contribution in [1.29, 1.82) is 0 Å². The standard InChI is InChI=1S/C12H16S/c1-8(2)10(5)12-11(9(3)4)6-7-13-12/h6-8H,3,5H2,1-2,4H3. The van der Waals surface area contributed by atoms with E-state index in [1.165, 1.54) is 16.0 Å². The van der Waals surface area contributed by atoms with Crippen molar-refractivity contribution in [3.05, 3.63) is 35.0 Å². The zero-order valence-corrected chi connectivity index (χ0v) is 9.37. The fourth-order valence-corrected chi connectivity index (χ4v) is 2.25. The van der Waals surface area contributed by atoms with E-state index in [0.29, 0.717) is 5.92 Å². The Morgan fingerprint density at radius 1 is 1.38 bits per heavy atom. The van der Waals surface area contributed by atoms with E-state index < -0.39 is 0 Å². The van der Waals surface area contributed by atoms with Crippen molar-refractivity contribution in [3.8, 4) is 0 Å². The van der Waals surface area contributed by atoms with Crippen molar-refractivity contribution in [2.24, 2.45) is 5.92 Å². The predicted octanol–water partition coefficient (Wildman–Crippen LogP) is 4.45. The Bertz CT molecular complexity index is 329. The molecule has 0 aliphatic heterocycles. The van der Waals surface area contributed by atoms with Gasteiger partial charge in [-0.3, -0.25) is 0 Å². The van der Waals surface area contributed by atoms with Gasteiger partial charge in [0.2, 0.25) is 0 Å². The van der Waals surface area contributed by atoms with E-state index in [1.807, 2.05) is 6.92 Å². The van der Waals surface area contributed by atoms with Gasteiger partial charge >= 0.3 is 0 Å². The average molecular weight is 192 g/mol. The molecule has 1 heterocycles. The third kappa shape index (κ3) is 2.10. The SMILES string of the molecule is C=C(C)c1ccsc1C(=C)C(C)C. The average Bonchev–Trinajstić information content (AvgIpc) is 2.50. The molecule has 0 fully saturated rings. The van der Waals surface area contributed by atoms with Crippen LogP contribution in [0.2, 0.25) is 0 Å². The lowest BCUT2D eigenvalue weighted by molar-refractivity contribution is 0.860. The predicted molar refractivity (Wildman–Crippen MR) is 62.9 cm³/mol. The van der Waals surface area contributed by atoms with E-state index in [1.54, 1.807) is 11.3 Å². The molecule has 1 aromatic rings. The fraction of sp³-hybridized carbons (Fsp3) is 0.333. The van der Waals surface area contributed by atoms with Gasteiger partial charge in [0, 0.05) is 4.88 Å². The first-order valence-electron chi connectivity index (χ1n) is 4.46. The second-order valence-corrected chi connectivity index (χ2v) is 4.54. The van der Waals surface area contributed by atoms with Gasteiger partial charge in [0.1, 0.15) is 0 Å². The summed E-state index contributed by atoms with van der Waals surface area (Å²) in [6.45, 7) is 14.5. The Morgan fingerprint density at radius 3 is 2.46 bits per heavy atom. The van der Waals surface area contributed by atoms with E-state index in [9.17, 15) is 0 Å². The van der Waals surface area contributed by atoms with Crippen LogP contribution < -0.4 is 0 Å². The summed E-state index contributed by atoms with van der Waals surface area (Å²) in [6.07, 6.45) is 0. The van der Waals surface area contributed by atoms with E-state index in [0.717, 1.165) is 5.57 Å². The van der Waals surface area contributed by atoms with Gasteiger partial charge in [-0.2, -0.15) is 0 Å². The van der Waals surface area contributed by atoms with E-state index in [-0.39, 0.29) is 0 Å². The highest BCUT2D eigenvalue weighted by atomic mass is 32.1. The highest BCUT2D eigenvalue weighted by molar-refractivity contribution is 7.11. The molecule has 0 saturated heterocycles. The molecule has 0 saturated carbocycles.